The number of aliphatic carboxylic acids is 2. The number of thioether (sulfide) groups is 1. The molecule has 1 aliphatic heterocycles. The van der Waals surface area contributed by atoms with Gasteiger partial charge >= 0.3 is 11.9 Å². The average molecular weight is 534 g/mol. The number of nitrogens with zero attached hydrogens (tertiary/aromatic N) is 3. The highest BCUT2D eigenvalue weighted by atomic mass is 32.2. The van der Waals surface area contributed by atoms with Crippen LogP contribution < -0.4 is 9.47 Å². The lowest BCUT2D eigenvalue weighted by atomic mass is 9.74. The molecule has 0 radical (unpaired) electrons. The Morgan fingerprint density at radius 1 is 1.16 bits per heavy atom. The summed E-state index contributed by atoms with van der Waals surface area (Å²) in [5, 5.41) is 35.1. The highest BCUT2D eigenvalue weighted by Gasteiger charge is 2.37. The van der Waals surface area contributed by atoms with E-state index in [2.05, 4.69) is 16.0 Å². The number of ether oxygens (including phenoxy) is 2. The van der Waals surface area contributed by atoms with Gasteiger partial charge in [0.05, 0.1) is 38.0 Å². The first kappa shape index (κ1) is 28.4. The summed E-state index contributed by atoms with van der Waals surface area (Å²) in [5.74, 6) is -1.25. The van der Waals surface area contributed by atoms with E-state index < -0.39 is 24.5 Å². The third-order valence-corrected chi connectivity index (χ3v) is 6.68. The number of aliphatic hydroxyl groups excluding tert-OH is 2. The molecule has 1 fully saturated rings. The number of hydrogen-bond donors (Lipinski definition) is 4. The quantitative estimate of drug-likeness (QED) is 0.290. The van der Waals surface area contributed by atoms with Crippen LogP contribution in [0, 0.1) is 0 Å². The second kappa shape index (κ2) is 12.8. The van der Waals surface area contributed by atoms with Gasteiger partial charge in [-0.25, -0.2) is 14.8 Å². The van der Waals surface area contributed by atoms with E-state index >= 15 is 0 Å². The van der Waals surface area contributed by atoms with E-state index in [9.17, 15) is 14.7 Å². The van der Waals surface area contributed by atoms with Crippen molar-refractivity contribution in [2.45, 2.75) is 61.9 Å². The predicted octanol–water partition coefficient (Wildman–Crippen LogP) is 2.36. The first-order valence-electron chi connectivity index (χ1n) is 11.8. The fourth-order valence-corrected chi connectivity index (χ4v) is 4.71. The number of rotatable bonds is 8. The van der Waals surface area contributed by atoms with Gasteiger partial charge in [-0.05, 0) is 50.1 Å². The maximum absolute atomic E-state index is 10.3. The molecule has 2 aromatic rings. The molecule has 1 aromatic heterocycles. The van der Waals surface area contributed by atoms with Crippen LogP contribution in [-0.4, -0.2) is 86.3 Å². The molecule has 0 spiro atoms. The number of aliphatic hydroxyl groups is 2. The number of methoxy groups -OCH3 is 1. The first-order valence-corrected chi connectivity index (χ1v) is 13.0. The van der Waals surface area contributed by atoms with Gasteiger partial charge in [0.2, 0.25) is 0 Å². The monoisotopic (exact) mass is 533 g/mol. The van der Waals surface area contributed by atoms with Crippen LogP contribution >= 0.6 is 11.8 Å². The Labute approximate surface area is 218 Å². The summed E-state index contributed by atoms with van der Waals surface area (Å²) in [6, 6.07) is 4.21. The molecule has 11 nitrogen and oxygen atoms in total. The molecule has 0 amide bonds. The SMILES string of the molecule is CCOc1cc2c(cc1OC)C(c1cnc(SC)nc1)=N[C@@H]1CC[C@@H](O)C[C@H]21.O=C(O)CC(O)C(=O)O. The van der Waals surface area contributed by atoms with E-state index in [4.69, 9.17) is 29.8 Å². The number of aromatic nitrogens is 2. The van der Waals surface area contributed by atoms with Gasteiger partial charge in [-0.3, -0.25) is 9.79 Å². The molecular formula is C25H31N3O8S. The summed E-state index contributed by atoms with van der Waals surface area (Å²) in [5.41, 5.74) is 3.96. The Bertz CT molecular complexity index is 1140. The Hall–Kier alpha value is -3.22. The lowest BCUT2D eigenvalue weighted by Crippen LogP contribution is -2.34. The van der Waals surface area contributed by atoms with Gasteiger partial charge in [-0.2, -0.15) is 0 Å². The summed E-state index contributed by atoms with van der Waals surface area (Å²) < 4.78 is 11.4. The molecule has 0 bridgehead atoms. The van der Waals surface area contributed by atoms with Crippen molar-refractivity contribution < 1.29 is 39.5 Å². The second-order valence-electron chi connectivity index (χ2n) is 8.55. The van der Waals surface area contributed by atoms with Crippen LogP contribution in [0.4, 0.5) is 0 Å². The van der Waals surface area contributed by atoms with Crippen LogP contribution in [0.3, 0.4) is 0 Å². The van der Waals surface area contributed by atoms with E-state index in [0.717, 1.165) is 46.1 Å². The largest absolute Gasteiger partial charge is 0.493 e. The van der Waals surface area contributed by atoms with Crippen LogP contribution in [-0.2, 0) is 9.59 Å². The van der Waals surface area contributed by atoms with Gasteiger partial charge in [0.1, 0.15) is 0 Å². The standard InChI is InChI=1S/C21H25N3O3S.C4H6O5/c1-4-27-19-8-14-15-7-13(25)5-6-17(15)24-20(16(14)9-18(19)26-2)12-10-22-21(28-3)23-11-12;5-2(4(8)9)1-3(6)7/h8-11,13,15,17,25H,4-7H2,1-3H3;2,5H,1H2,(H,6,7)(H,8,9)/t13-,15-,17-;/m1./s1. The van der Waals surface area contributed by atoms with Crippen molar-refractivity contribution in [1.29, 1.82) is 0 Å². The van der Waals surface area contributed by atoms with Crippen LogP contribution in [0.2, 0.25) is 0 Å². The van der Waals surface area contributed by atoms with E-state index in [1.807, 2.05) is 31.6 Å². The van der Waals surface area contributed by atoms with E-state index in [0.29, 0.717) is 18.8 Å². The zero-order chi connectivity index (χ0) is 27.1. The molecule has 1 saturated carbocycles. The van der Waals surface area contributed by atoms with Crippen LogP contribution in [0.5, 0.6) is 11.5 Å². The maximum atomic E-state index is 10.3. The fraction of sp³-hybridized carbons (Fsp3) is 0.480. The molecule has 37 heavy (non-hydrogen) atoms. The van der Waals surface area contributed by atoms with E-state index in [-0.39, 0.29) is 18.1 Å². The third kappa shape index (κ3) is 6.96. The molecule has 4 N–H and O–H groups in total. The summed E-state index contributed by atoms with van der Waals surface area (Å²) in [4.78, 5) is 33.3. The summed E-state index contributed by atoms with van der Waals surface area (Å²) >= 11 is 1.52. The molecule has 2 aliphatic rings. The van der Waals surface area contributed by atoms with Crippen molar-refractivity contribution in [3.63, 3.8) is 0 Å². The van der Waals surface area contributed by atoms with Crippen molar-refractivity contribution in [2.24, 2.45) is 4.99 Å². The number of aliphatic imine (C=N–C) groups is 1. The summed E-state index contributed by atoms with van der Waals surface area (Å²) in [7, 11) is 1.65. The normalized spacial score (nSPS) is 20.8. The first-order chi connectivity index (χ1) is 17.7. The van der Waals surface area contributed by atoms with Gasteiger partial charge in [0, 0.05) is 29.4 Å². The molecule has 4 rings (SSSR count). The Morgan fingerprint density at radius 3 is 2.41 bits per heavy atom. The minimum absolute atomic E-state index is 0.147. The number of benzene rings is 1. The molecule has 2 heterocycles. The van der Waals surface area contributed by atoms with Crippen molar-refractivity contribution in [3.8, 4) is 11.5 Å². The molecular weight excluding hydrogens is 502 g/mol. The van der Waals surface area contributed by atoms with Gasteiger partial charge in [0.25, 0.3) is 0 Å². The molecule has 1 aliphatic carbocycles. The van der Waals surface area contributed by atoms with Gasteiger partial charge in [-0.1, -0.05) is 11.8 Å². The predicted molar refractivity (Wildman–Crippen MR) is 136 cm³/mol. The third-order valence-electron chi connectivity index (χ3n) is 6.11. The highest BCUT2D eigenvalue weighted by Crippen LogP contribution is 2.44. The maximum Gasteiger partial charge on any atom is 0.333 e. The van der Waals surface area contributed by atoms with Crippen molar-refractivity contribution in [2.75, 3.05) is 20.0 Å². The summed E-state index contributed by atoms with van der Waals surface area (Å²) in [6.07, 6.45) is 5.17. The van der Waals surface area contributed by atoms with E-state index in [1.165, 1.54) is 11.8 Å². The van der Waals surface area contributed by atoms with Crippen molar-refractivity contribution in [1.82, 2.24) is 9.97 Å². The Balaban J connectivity index is 0.000000364. The van der Waals surface area contributed by atoms with Gasteiger partial charge in [0.15, 0.2) is 22.8 Å². The smallest absolute Gasteiger partial charge is 0.333 e. The topological polar surface area (TPSA) is 172 Å². The lowest BCUT2D eigenvalue weighted by molar-refractivity contribution is -0.152. The van der Waals surface area contributed by atoms with Crippen LogP contribution in [0.15, 0.2) is 34.7 Å². The second-order valence-corrected chi connectivity index (χ2v) is 9.33. The lowest BCUT2D eigenvalue weighted by Gasteiger charge is -2.37. The Morgan fingerprint density at radius 2 is 1.86 bits per heavy atom. The average Bonchev–Trinajstić information content (AvgIpc) is 2.88. The van der Waals surface area contributed by atoms with Crippen LogP contribution in [0.25, 0.3) is 0 Å². The zero-order valence-corrected chi connectivity index (χ0v) is 21.6. The zero-order valence-electron chi connectivity index (χ0n) is 20.8. The number of carboxylic acids is 2. The molecule has 200 valence electrons. The minimum Gasteiger partial charge on any atom is -0.493 e. The van der Waals surface area contributed by atoms with E-state index in [1.54, 1.807) is 7.11 Å². The Kier molecular flexibility index (Phi) is 9.84. The number of carboxylic acid groups (broad SMARTS) is 2. The van der Waals surface area contributed by atoms with Crippen LogP contribution in [0.1, 0.15) is 55.2 Å². The minimum atomic E-state index is -1.79. The summed E-state index contributed by atoms with van der Waals surface area (Å²) in [6.45, 7) is 2.53. The van der Waals surface area contributed by atoms with Gasteiger partial charge in [-0.15, -0.1) is 0 Å². The molecule has 12 heteroatoms. The number of fused-ring (bicyclic) bond motifs is 3. The molecule has 1 unspecified atom stereocenters. The fourth-order valence-electron chi connectivity index (χ4n) is 4.40. The molecule has 1 aromatic carbocycles. The highest BCUT2D eigenvalue weighted by molar-refractivity contribution is 7.98. The van der Waals surface area contributed by atoms with Crippen molar-refractivity contribution in [3.05, 3.63) is 41.2 Å². The molecule has 4 atom stereocenters. The number of carbonyl (C=O) groups is 2. The number of hydrogen-bond acceptors (Lipinski definition) is 10. The van der Waals surface area contributed by atoms with Crippen molar-refractivity contribution >= 4 is 29.4 Å². The molecule has 0 saturated heterocycles. The van der Waals surface area contributed by atoms with Gasteiger partial charge < -0.3 is 29.9 Å².